The minimum atomic E-state index is -0.921. The zero-order valence-electron chi connectivity index (χ0n) is 8.22. The number of ether oxygens (including phenoxy) is 1. The maximum Gasteiger partial charge on any atom is 0.201 e. The van der Waals surface area contributed by atoms with E-state index in [0.29, 0.717) is 18.6 Å². The number of hydrogen-bond donors (Lipinski definition) is 1. The van der Waals surface area contributed by atoms with Crippen LogP contribution < -0.4 is 10.5 Å². The Morgan fingerprint density at radius 3 is 2.73 bits per heavy atom. The summed E-state index contributed by atoms with van der Waals surface area (Å²) in [6, 6.07) is 1.30. The molecule has 1 aromatic rings. The van der Waals surface area contributed by atoms with Crippen LogP contribution in [0, 0.1) is 18.6 Å². The minimum absolute atomic E-state index is 0. The molecule has 0 saturated heterocycles. The van der Waals surface area contributed by atoms with Crippen molar-refractivity contribution >= 4 is 12.4 Å². The highest BCUT2D eigenvalue weighted by Crippen LogP contribution is 2.35. The summed E-state index contributed by atoms with van der Waals surface area (Å²) < 4.78 is 31.6. The molecule has 2 rings (SSSR count). The lowest BCUT2D eigenvalue weighted by atomic mass is 9.99. The SMILES string of the molecule is Cc1cc2c(c(F)c1F)OCC[C@H]2N.Cl. The summed E-state index contributed by atoms with van der Waals surface area (Å²) in [5, 5.41) is 0. The molecule has 15 heavy (non-hydrogen) atoms. The van der Waals surface area contributed by atoms with Crippen LogP contribution in [-0.2, 0) is 0 Å². The van der Waals surface area contributed by atoms with Gasteiger partial charge in [0.2, 0.25) is 5.82 Å². The molecule has 0 unspecified atom stereocenters. The zero-order valence-corrected chi connectivity index (χ0v) is 9.04. The smallest absolute Gasteiger partial charge is 0.201 e. The number of fused-ring (bicyclic) bond motifs is 1. The van der Waals surface area contributed by atoms with Gasteiger partial charge in [-0.2, -0.15) is 4.39 Å². The van der Waals surface area contributed by atoms with E-state index in [1.165, 1.54) is 6.92 Å². The van der Waals surface area contributed by atoms with Gasteiger partial charge in [-0.1, -0.05) is 0 Å². The van der Waals surface area contributed by atoms with E-state index in [2.05, 4.69) is 0 Å². The molecule has 0 radical (unpaired) electrons. The van der Waals surface area contributed by atoms with E-state index in [4.69, 9.17) is 10.5 Å². The fraction of sp³-hybridized carbons (Fsp3) is 0.400. The van der Waals surface area contributed by atoms with Gasteiger partial charge in [-0.15, -0.1) is 12.4 Å². The lowest BCUT2D eigenvalue weighted by Crippen LogP contribution is -2.22. The molecule has 5 heteroatoms. The number of nitrogens with two attached hydrogens (primary N) is 1. The van der Waals surface area contributed by atoms with Gasteiger partial charge in [0, 0.05) is 18.0 Å². The Morgan fingerprint density at radius 2 is 2.07 bits per heavy atom. The minimum Gasteiger partial charge on any atom is -0.490 e. The largest absolute Gasteiger partial charge is 0.490 e. The first-order valence-electron chi connectivity index (χ1n) is 4.48. The van der Waals surface area contributed by atoms with Crippen molar-refractivity contribution in [2.24, 2.45) is 5.73 Å². The topological polar surface area (TPSA) is 35.2 Å². The normalized spacial score (nSPS) is 18.8. The van der Waals surface area contributed by atoms with Crippen molar-refractivity contribution in [3.63, 3.8) is 0 Å². The standard InChI is InChI=1S/C10H11F2NO.ClH/c1-5-4-6-7(13)2-3-14-10(6)9(12)8(5)11;/h4,7H,2-3,13H2,1H3;1H/t7-;/m1./s1. The van der Waals surface area contributed by atoms with Crippen LogP contribution in [0.15, 0.2) is 6.07 Å². The zero-order chi connectivity index (χ0) is 10.3. The van der Waals surface area contributed by atoms with Crippen molar-refractivity contribution in [3.8, 4) is 5.75 Å². The van der Waals surface area contributed by atoms with Crippen molar-refractivity contribution in [1.29, 1.82) is 0 Å². The number of halogens is 3. The molecule has 0 fully saturated rings. The molecule has 0 amide bonds. The van der Waals surface area contributed by atoms with Gasteiger partial charge in [-0.25, -0.2) is 4.39 Å². The summed E-state index contributed by atoms with van der Waals surface area (Å²) in [5.74, 6) is -1.79. The molecule has 2 N–H and O–H groups in total. The van der Waals surface area contributed by atoms with Crippen LogP contribution in [0.4, 0.5) is 8.78 Å². The summed E-state index contributed by atoms with van der Waals surface area (Å²) in [7, 11) is 0. The monoisotopic (exact) mass is 235 g/mol. The molecule has 84 valence electrons. The molecule has 1 aromatic carbocycles. The molecule has 1 atom stereocenters. The van der Waals surface area contributed by atoms with E-state index in [1.54, 1.807) is 6.07 Å². The highest BCUT2D eigenvalue weighted by atomic mass is 35.5. The van der Waals surface area contributed by atoms with Crippen LogP contribution >= 0.6 is 12.4 Å². The van der Waals surface area contributed by atoms with Crippen LogP contribution in [0.25, 0.3) is 0 Å². The molecule has 0 aliphatic carbocycles. The van der Waals surface area contributed by atoms with E-state index >= 15 is 0 Å². The molecule has 1 heterocycles. The van der Waals surface area contributed by atoms with Gasteiger partial charge in [0.25, 0.3) is 0 Å². The molecular weight excluding hydrogens is 224 g/mol. The summed E-state index contributed by atoms with van der Waals surface area (Å²) in [5.41, 5.74) is 6.59. The molecular formula is C10H12ClF2NO. The van der Waals surface area contributed by atoms with E-state index in [-0.39, 0.29) is 29.8 Å². The van der Waals surface area contributed by atoms with Crippen LogP contribution in [0.5, 0.6) is 5.75 Å². The third-order valence-electron chi connectivity index (χ3n) is 2.45. The average Bonchev–Trinajstić information content (AvgIpc) is 2.17. The average molecular weight is 236 g/mol. The van der Waals surface area contributed by atoms with Crippen molar-refractivity contribution < 1.29 is 13.5 Å². The Kier molecular flexibility index (Phi) is 3.52. The van der Waals surface area contributed by atoms with Gasteiger partial charge in [-0.05, 0) is 18.6 Å². The van der Waals surface area contributed by atoms with E-state index in [1.807, 2.05) is 0 Å². The highest BCUT2D eigenvalue weighted by molar-refractivity contribution is 5.85. The van der Waals surface area contributed by atoms with Gasteiger partial charge in [0.1, 0.15) is 0 Å². The Balaban J connectivity index is 0.00000112. The lowest BCUT2D eigenvalue weighted by Gasteiger charge is -2.23. The number of rotatable bonds is 0. The highest BCUT2D eigenvalue weighted by Gasteiger charge is 2.25. The summed E-state index contributed by atoms with van der Waals surface area (Å²) in [6.45, 7) is 1.85. The van der Waals surface area contributed by atoms with Crippen molar-refractivity contribution in [1.82, 2.24) is 0 Å². The Hall–Kier alpha value is -0.870. The van der Waals surface area contributed by atoms with Crippen molar-refractivity contribution in [3.05, 3.63) is 28.8 Å². The van der Waals surface area contributed by atoms with E-state index in [0.717, 1.165) is 0 Å². The molecule has 0 spiro atoms. The first-order valence-corrected chi connectivity index (χ1v) is 4.48. The second kappa shape index (κ2) is 4.33. The van der Waals surface area contributed by atoms with E-state index < -0.39 is 11.6 Å². The summed E-state index contributed by atoms with van der Waals surface area (Å²) in [4.78, 5) is 0. The van der Waals surface area contributed by atoms with E-state index in [9.17, 15) is 8.78 Å². The predicted molar refractivity (Wildman–Crippen MR) is 55.4 cm³/mol. The van der Waals surface area contributed by atoms with Gasteiger partial charge in [-0.3, -0.25) is 0 Å². The number of benzene rings is 1. The molecule has 0 aromatic heterocycles. The van der Waals surface area contributed by atoms with Gasteiger partial charge >= 0.3 is 0 Å². The molecule has 2 nitrogen and oxygen atoms in total. The summed E-state index contributed by atoms with van der Waals surface area (Å²) in [6.07, 6.45) is 0.636. The second-order valence-electron chi connectivity index (χ2n) is 3.48. The molecule has 1 aliphatic rings. The maximum atomic E-state index is 13.4. The quantitative estimate of drug-likeness (QED) is 0.750. The number of hydrogen-bond acceptors (Lipinski definition) is 2. The number of aryl methyl sites for hydroxylation is 1. The fourth-order valence-electron chi connectivity index (χ4n) is 1.63. The third kappa shape index (κ3) is 1.92. The Morgan fingerprint density at radius 1 is 1.40 bits per heavy atom. The Bertz CT molecular complexity index is 384. The van der Waals surface area contributed by atoms with Crippen molar-refractivity contribution in [2.45, 2.75) is 19.4 Å². The first kappa shape index (κ1) is 12.2. The first-order chi connectivity index (χ1) is 6.61. The van der Waals surface area contributed by atoms with Crippen LogP contribution in [0.2, 0.25) is 0 Å². The van der Waals surface area contributed by atoms with Crippen LogP contribution in [0.3, 0.4) is 0 Å². The molecule has 1 aliphatic heterocycles. The fourth-order valence-corrected chi connectivity index (χ4v) is 1.63. The third-order valence-corrected chi connectivity index (χ3v) is 2.45. The Labute approximate surface area is 92.8 Å². The van der Waals surface area contributed by atoms with Crippen molar-refractivity contribution in [2.75, 3.05) is 6.61 Å². The van der Waals surface area contributed by atoms with Crippen LogP contribution in [-0.4, -0.2) is 6.61 Å². The van der Waals surface area contributed by atoms with Gasteiger partial charge < -0.3 is 10.5 Å². The lowest BCUT2D eigenvalue weighted by molar-refractivity contribution is 0.250. The molecule has 0 bridgehead atoms. The van der Waals surface area contributed by atoms with Gasteiger partial charge in [0.15, 0.2) is 11.6 Å². The van der Waals surface area contributed by atoms with Crippen LogP contribution in [0.1, 0.15) is 23.6 Å². The maximum absolute atomic E-state index is 13.4. The summed E-state index contributed by atoms with van der Waals surface area (Å²) >= 11 is 0. The van der Waals surface area contributed by atoms with Gasteiger partial charge in [0.05, 0.1) is 6.61 Å². The molecule has 0 saturated carbocycles. The second-order valence-corrected chi connectivity index (χ2v) is 3.48. The predicted octanol–water partition coefficient (Wildman–Crippen LogP) is 2.48.